The maximum absolute atomic E-state index is 13.0. The van der Waals surface area contributed by atoms with Gasteiger partial charge in [0.2, 0.25) is 0 Å². The molecule has 0 saturated heterocycles. The summed E-state index contributed by atoms with van der Waals surface area (Å²) in [7, 11) is 0. The van der Waals surface area contributed by atoms with Crippen molar-refractivity contribution in [3.63, 3.8) is 0 Å². The van der Waals surface area contributed by atoms with Gasteiger partial charge in [-0.15, -0.1) is 0 Å². The Morgan fingerprint density at radius 2 is 2.07 bits per heavy atom. The fourth-order valence-electron chi connectivity index (χ4n) is 4.00. The quantitative estimate of drug-likeness (QED) is 0.616. The molecule has 0 aromatic carbocycles. The van der Waals surface area contributed by atoms with E-state index >= 15 is 0 Å². The van der Waals surface area contributed by atoms with E-state index in [1.807, 2.05) is 30.6 Å². The fraction of sp³-hybridized carbons (Fsp3) is 0.333. The monoisotopic (exact) mass is 392 g/mol. The maximum atomic E-state index is 13.0. The van der Waals surface area contributed by atoms with Crippen LogP contribution < -0.4 is 11.2 Å². The summed E-state index contributed by atoms with van der Waals surface area (Å²) >= 11 is 0. The van der Waals surface area contributed by atoms with Crippen LogP contribution in [-0.2, 0) is 26.1 Å². The smallest absolute Gasteiger partial charge is 0.331 e. The van der Waals surface area contributed by atoms with E-state index in [9.17, 15) is 19.6 Å². The average molecular weight is 392 g/mol. The number of nitriles is 1. The standard InChI is InChI=1S/C21H20N4O4/c1-13-9-16(14(2)24(13)11-15-5-4-8-29-15)19(26)12-25-20(27)17(10-22)18-6-3-7-23(18)21(25)28/h4-5,8-9H,3,6-7,11-12H2,1-2H3. The summed E-state index contributed by atoms with van der Waals surface area (Å²) in [4.78, 5) is 38.4. The van der Waals surface area contributed by atoms with E-state index < -0.39 is 17.8 Å². The average Bonchev–Trinajstić information content (AvgIpc) is 3.43. The Kier molecular flexibility index (Phi) is 4.59. The molecular formula is C21H20N4O4. The molecule has 0 aliphatic carbocycles. The van der Waals surface area contributed by atoms with Gasteiger partial charge in [-0.25, -0.2) is 4.79 Å². The van der Waals surface area contributed by atoms with Gasteiger partial charge < -0.3 is 8.98 Å². The van der Waals surface area contributed by atoms with Crippen LogP contribution in [0, 0.1) is 25.2 Å². The van der Waals surface area contributed by atoms with Crippen LogP contribution in [0.4, 0.5) is 0 Å². The van der Waals surface area contributed by atoms with Crippen LogP contribution in [0.3, 0.4) is 0 Å². The Labute approximate surface area is 166 Å². The zero-order valence-electron chi connectivity index (χ0n) is 16.3. The molecule has 0 saturated carbocycles. The van der Waals surface area contributed by atoms with Crippen molar-refractivity contribution in [3.05, 3.63) is 79.3 Å². The van der Waals surface area contributed by atoms with Crippen molar-refractivity contribution in [1.82, 2.24) is 13.7 Å². The predicted molar refractivity (Wildman–Crippen MR) is 104 cm³/mol. The second kappa shape index (κ2) is 7.09. The second-order valence-electron chi connectivity index (χ2n) is 7.24. The molecule has 0 spiro atoms. The van der Waals surface area contributed by atoms with Gasteiger partial charge in [-0.05, 0) is 44.9 Å². The minimum atomic E-state index is -0.691. The predicted octanol–water partition coefficient (Wildman–Crippen LogP) is 1.77. The van der Waals surface area contributed by atoms with Crippen LogP contribution >= 0.6 is 0 Å². The summed E-state index contributed by atoms with van der Waals surface area (Å²) in [6.45, 7) is 4.25. The molecule has 3 aromatic heterocycles. The van der Waals surface area contributed by atoms with E-state index in [4.69, 9.17) is 4.42 Å². The molecule has 8 heteroatoms. The van der Waals surface area contributed by atoms with E-state index in [0.29, 0.717) is 37.2 Å². The first-order valence-electron chi connectivity index (χ1n) is 9.41. The fourth-order valence-corrected chi connectivity index (χ4v) is 4.00. The molecule has 0 amide bonds. The molecule has 0 unspecified atom stereocenters. The lowest BCUT2D eigenvalue weighted by atomic mass is 10.1. The largest absolute Gasteiger partial charge is 0.467 e. The van der Waals surface area contributed by atoms with Crippen LogP contribution in [-0.4, -0.2) is 19.5 Å². The van der Waals surface area contributed by atoms with Gasteiger partial charge in [0, 0.05) is 29.2 Å². The number of aromatic nitrogens is 3. The number of Topliss-reactive ketones (excluding diaryl/α,β-unsaturated/α-hetero) is 1. The summed E-state index contributed by atoms with van der Waals surface area (Å²) in [6, 6.07) is 7.32. The lowest BCUT2D eigenvalue weighted by Gasteiger charge is -2.11. The highest BCUT2D eigenvalue weighted by Crippen LogP contribution is 2.19. The van der Waals surface area contributed by atoms with Crippen molar-refractivity contribution in [2.24, 2.45) is 0 Å². The molecule has 29 heavy (non-hydrogen) atoms. The third-order valence-corrected chi connectivity index (χ3v) is 5.51. The summed E-state index contributed by atoms with van der Waals surface area (Å²) < 4.78 is 9.66. The van der Waals surface area contributed by atoms with Crippen molar-refractivity contribution >= 4 is 5.78 Å². The molecule has 0 N–H and O–H groups in total. The normalized spacial score (nSPS) is 12.7. The van der Waals surface area contributed by atoms with E-state index in [-0.39, 0.29) is 11.3 Å². The van der Waals surface area contributed by atoms with Crippen LogP contribution in [0.5, 0.6) is 0 Å². The zero-order chi connectivity index (χ0) is 20.7. The molecule has 0 radical (unpaired) electrons. The first-order chi connectivity index (χ1) is 13.9. The Hall–Kier alpha value is -3.60. The van der Waals surface area contributed by atoms with Crippen LogP contribution in [0.2, 0.25) is 0 Å². The number of ketones is 1. The van der Waals surface area contributed by atoms with Gasteiger partial charge in [0.15, 0.2) is 5.78 Å². The third kappa shape index (κ3) is 3.05. The zero-order valence-corrected chi connectivity index (χ0v) is 16.3. The lowest BCUT2D eigenvalue weighted by Crippen LogP contribution is -2.43. The Morgan fingerprint density at radius 1 is 1.28 bits per heavy atom. The van der Waals surface area contributed by atoms with Crippen molar-refractivity contribution in [2.75, 3.05) is 0 Å². The minimum absolute atomic E-state index is 0.0433. The van der Waals surface area contributed by atoms with E-state index in [2.05, 4.69) is 0 Å². The van der Waals surface area contributed by atoms with Crippen molar-refractivity contribution in [1.29, 1.82) is 5.26 Å². The van der Waals surface area contributed by atoms with Gasteiger partial charge in [-0.3, -0.25) is 18.7 Å². The van der Waals surface area contributed by atoms with Crippen LogP contribution in [0.15, 0.2) is 38.5 Å². The molecule has 1 aliphatic rings. The number of carbonyl (C=O) groups is 1. The van der Waals surface area contributed by atoms with Crippen molar-refractivity contribution in [2.45, 2.75) is 46.3 Å². The number of fused-ring (bicyclic) bond motifs is 1. The van der Waals surface area contributed by atoms with Crippen LogP contribution in [0.1, 0.15) is 45.2 Å². The van der Waals surface area contributed by atoms with Gasteiger partial charge in [-0.1, -0.05) is 0 Å². The number of nitrogens with zero attached hydrogens (tertiary/aromatic N) is 4. The molecular weight excluding hydrogens is 372 g/mol. The Morgan fingerprint density at radius 3 is 2.76 bits per heavy atom. The molecule has 4 heterocycles. The van der Waals surface area contributed by atoms with Gasteiger partial charge in [-0.2, -0.15) is 5.26 Å². The molecule has 1 aliphatic heterocycles. The minimum Gasteiger partial charge on any atom is -0.467 e. The van der Waals surface area contributed by atoms with Crippen molar-refractivity contribution in [3.8, 4) is 6.07 Å². The second-order valence-corrected chi connectivity index (χ2v) is 7.24. The number of carbonyl (C=O) groups excluding carboxylic acids is 1. The molecule has 0 fully saturated rings. The first kappa shape index (κ1) is 18.7. The summed E-state index contributed by atoms with van der Waals surface area (Å²) in [5.41, 5.74) is 1.27. The van der Waals surface area contributed by atoms with Gasteiger partial charge in [0.25, 0.3) is 5.56 Å². The summed E-state index contributed by atoms with van der Waals surface area (Å²) in [6.07, 6.45) is 2.82. The first-order valence-corrected chi connectivity index (χ1v) is 9.41. The lowest BCUT2D eigenvalue weighted by molar-refractivity contribution is 0.0967. The number of furan rings is 1. The highest BCUT2D eigenvalue weighted by Gasteiger charge is 2.25. The molecule has 0 atom stereocenters. The third-order valence-electron chi connectivity index (χ3n) is 5.51. The van der Waals surface area contributed by atoms with Crippen molar-refractivity contribution < 1.29 is 9.21 Å². The van der Waals surface area contributed by atoms with Gasteiger partial charge in [0.05, 0.1) is 19.4 Å². The topological polar surface area (TPSA) is 103 Å². The molecule has 148 valence electrons. The van der Waals surface area contributed by atoms with Gasteiger partial charge in [0.1, 0.15) is 17.4 Å². The van der Waals surface area contributed by atoms with Gasteiger partial charge >= 0.3 is 5.69 Å². The summed E-state index contributed by atoms with van der Waals surface area (Å²) in [5, 5.41) is 9.38. The number of hydrogen-bond acceptors (Lipinski definition) is 5. The van der Waals surface area contributed by atoms with E-state index in [0.717, 1.165) is 21.7 Å². The molecule has 0 bridgehead atoms. The molecule has 8 nitrogen and oxygen atoms in total. The SMILES string of the molecule is Cc1cc(C(=O)Cn2c(=O)c(C#N)c3n(c2=O)CCC3)c(C)n1Cc1ccco1. The highest BCUT2D eigenvalue weighted by atomic mass is 16.3. The van der Waals surface area contributed by atoms with Crippen LogP contribution in [0.25, 0.3) is 0 Å². The number of rotatable bonds is 5. The van der Waals surface area contributed by atoms with E-state index in [1.54, 1.807) is 18.4 Å². The summed E-state index contributed by atoms with van der Waals surface area (Å²) in [5.74, 6) is 0.419. The molecule has 3 aromatic rings. The highest BCUT2D eigenvalue weighted by molar-refractivity contribution is 5.97. The number of aryl methyl sites for hydroxylation is 1. The Bertz CT molecular complexity index is 1270. The number of hydrogen-bond donors (Lipinski definition) is 0. The maximum Gasteiger partial charge on any atom is 0.331 e. The molecule has 4 rings (SSSR count). The Balaban J connectivity index is 1.71. The van der Waals surface area contributed by atoms with E-state index in [1.165, 1.54) is 4.57 Å².